The lowest BCUT2D eigenvalue weighted by molar-refractivity contribution is -0.132. The zero-order valence-electron chi connectivity index (χ0n) is 12.4. The van der Waals surface area contributed by atoms with Gasteiger partial charge < -0.3 is 9.47 Å². The highest BCUT2D eigenvalue weighted by molar-refractivity contribution is 8.45. The molecule has 116 valence electrons. The number of hydrogen-bond donors (Lipinski definition) is 0. The summed E-state index contributed by atoms with van der Waals surface area (Å²) in [7, 11) is 1.50. The molecular weight excluding hydrogens is 322 g/mol. The second-order valence-electron chi connectivity index (χ2n) is 4.23. The zero-order valence-corrected chi connectivity index (χ0v) is 14.0. The number of aliphatic imine (C=N–C) groups is 1. The lowest BCUT2D eigenvalue weighted by atomic mass is 10.1. The van der Waals surface area contributed by atoms with Gasteiger partial charge in [-0.25, -0.2) is 4.99 Å². The Morgan fingerprint density at radius 1 is 1.41 bits per heavy atom. The largest absolute Gasteiger partial charge is 0.493 e. The van der Waals surface area contributed by atoms with Gasteiger partial charge in [0, 0.05) is 6.92 Å². The maximum atomic E-state index is 11.9. The normalized spacial score (nSPS) is 15.9. The predicted molar refractivity (Wildman–Crippen MR) is 90.4 cm³/mol. The van der Waals surface area contributed by atoms with E-state index in [2.05, 4.69) is 4.99 Å². The molecule has 0 amide bonds. The number of carbonyl (C=O) groups excluding carboxylic acids is 2. The van der Waals surface area contributed by atoms with Crippen molar-refractivity contribution in [3.8, 4) is 11.5 Å². The van der Waals surface area contributed by atoms with Gasteiger partial charge >= 0.3 is 5.97 Å². The Morgan fingerprint density at radius 3 is 2.82 bits per heavy atom. The van der Waals surface area contributed by atoms with E-state index in [4.69, 9.17) is 9.47 Å². The number of ether oxygens (including phenoxy) is 2. The van der Waals surface area contributed by atoms with Crippen LogP contribution in [0.2, 0.25) is 0 Å². The summed E-state index contributed by atoms with van der Waals surface area (Å²) in [5.41, 5.74) is 1.10. The van der Waals surface area contributed by atoms with Crippen LogP contribution in [0.1, 0.15) is 19.4 Å². The molecule has 0 spiro atoms. The zero-order chi connectivity index (χ0) is 16.1. The van der Waals surface area contributed by atoms with Crippen molar-refractivity contribution in [2.75, 3.05) is 12.9 Å². The first-order valence-corrected chi connectivity index (χ1v) is 8.35. The monoisotopic (exact) mass is 337 g/mol. The molecule has 1 heterocycles. The van der Waals surface area contributed by atoms with Crippen LogP contribution in [0.5, 0.6) is 11.5 Å². The smallest absolute Gasteiger partial charge is 0.308 e. The third kappa shape index (κ3) is 4.14. The van der Waals surface area contributed by atoms with Gasteiger partial charge in [-0.05, 0) is 41.3 Å². The molecule has 0 aromatic heterocycles. The van der Waals surface area contributed by atoms with E-state index in [0.29, 0.717) is 22.8 Å². The van der Waals surface area contributed by atoms with Crippen LogP contribution < -0.4 is 9.47 Å². The quantitative estimate of drug-likeness (QED) is 0.477. The van der Waals surface area contributed by atoms with Gasteiger partial charge in [0.2, 0.25) is 5.12 Å². The van der Waals surface area contributed by atoms with E-state index in [-0.39, 0.29) is 5.12 Å². The third-order valence-corrected chi connectivity index (χ3v) is 4.50. The maximum absolute atomic E-state index is 11.9. The van der Waals surface area contributed by atoms with E-state index in [1.54, 1.807) is 24.3 Å². The van der Waals surface area contributed by atoms with E-state index in [1.807, 2.05) is 6.92 Å². The molecular formula is C15H15NO4S2. The Hall–Kier alpha value is -1.73. The minimum atomic E-state index is -0.435. The van der Waals surface area contributed by atoms with Gasteiger partial charge in [0.1, 0.15) is 10.1 Å². The first-order chi connectivity index (χ1) is 10.5. The van der Waals surface area contributed by atoms with Crippen molar-refractivity contribution in [3.05, 3.63) is 29.5 Å². The average molecular weight is 337 g/mol. The van der Waals surface area contributed by atoms with E-state index in [9.17, 15) is 9.59 Å². The van der Waals surface area contributed by atoms with Crippen molar-refractivity contribution in [3.63, 3.8) is 0 Å². The molecule has 5 nitrogen and oxygen atoms in total. The number of hydrogen-bond acceptors (Lipinski definition) is 7. The molecule has 0 N–H and O–H groups in total. The van der Waals surface area contributed by atoms with Gasteiger partial charge in [0.15, 0.2) is 11.5 Å². The van der Waals surface area contributed by atoms with Crippen LogP contribution in [-0.4, -0.2) is 28.3 Å². The third-order valence-electron chi connectivity index (χ3n) is 2.61. The topological polar surface area (TPSA) is 65.0 Å². The predicted octanol–water partition coefficient (Wildman–Crippen LogP) is 3.34. The summed E-state index contributed by atoms with van der Waals surface area (Å²) < 4.78 is 11.0. The Kier molecular flexibility index (Phi) is 5.68. The number of esters is 1. The van der Waals surface area contributed by atoms with E-state index >= 15 is 0 Å². The summed E-state index contributed by atoms with van der Waals surface area (Å²) in [6.07, 6.45) is 1.67. The molecule has 22 heavy (non-hydrogen) atoms. The van der Waals surface area contributed by atoms with Crippen molar-refractivity contribution in [1.29, 1.82) is 0 Å². The number of carbonyl (C=O) groups is 2. The molecule has 0 saturated heterocycles. The van der Waals surface area contributed by atoms with Gasteiger partial charge in [-0.1, -0.05) is 24.8 Å². The average Bonchev–Trinajstić information content (AvgIpc) is 2.79. The van der Waals surface area contributed by atoms with Crippen LogP contribution in [-0.2, 0) is 9.59 Å². The summed E-state index contributed by atoms with van der Waals surface area (Å²) in [6, 6.07) is 5.10. The van der Waals surface area contributed by atoms with Crippen molar-refractivity contribution in [2.24, 2.45) is 4.99 Å². The van der Waals surface area contributed by atoms with Crippen LogP contribution >= 0.6 is 23.5 Å². The SMILES string of the molecule is CCSC1=N/C(=C/c2ccc(OC)c(OC(C)=O)c2)C(=O)S1. The molecule has 0 atom stereocenters. The summed E-state index contributed by atoms with van der Waals surface area (Å²) in [4.78, 5) is 27.3. The number of methoxy groups -OCH3 is 1. The Labute approximate surface area is 137 Å². The summed E-state index contributed by atoms with van der Waals surface area (Å²) in [5.74, 6) is 1.20. The number of thioether (sulfide) groups is 2. The fourth-order valence-corrected chi connectivity index (χ4v) is 3.49. The first-order valence-electron chi connectivity index (χ1n) is 6.55. The van der Waals surface area contributed by atoms with Crippen LogP contribution in [0.3, 0.4) is 0 Å². The van der Waals surface area contributed by atoms with Crippen molar-refractivity contribution >= 4 is 45.1 Å². The molecule has 0 saturated carbocycles. The molecule has 1 aromatic rings. The number of rotatable bonds is 4. The maximum Gasteiger partial charge on any atom is 0.308 e. The summed E-state index contributed by atoms with van der Waals surface area (Å²) >= 11 is 2.67. The van der Waals surface area contributed by atoms with Gasteiger partial charge in [0.25, 0.3) is 0 Å². The summed E-state index contributed by atoms with van der Waals surface area (Å²) in [6.45, 7) is 3.33. The fourth-order valence-electron chi connectivity index (χ4n) is 1.75. The lowest BCUT2D eigenvalue weighted by Crippen LogP contribution is -2.03. The minimum Gasteiger partial charge on any atom is -0.493 e. The van der Waals surface area contributed by atoms with Crippen LogP contribution in [0.15, 0.2) is 28.9 Å². The van der Waals surface area contributed by atoms with Crippen LogP contribution in [0.25, 0.3) is 6.08 Å². The van der Waals surface area contributed by atoms with Crippen molar-refractivity contribution < 1.29 is 19.1 Å². The van der Waals surface area contributed by atoms with Gasteiger partial charge in [-0.15, -0.1) is 0 Å². The van der Waals surface area contributed by atoms with Gasteiger partial charge in [-0.3, -0.25) is 9.59 Å². The highest BCUT2D eigenvalue weighted by Gasteiger charge is 2.22. The second kappa shape index (κ2) is 7.51. The van der Waals surface area contributed by atoms with Gasteiger partial charge in [-0.2, -0.15) is 0 Å². The molecule has 0 bridgehead atoms. The molecule has 0 fully saturated rings. The number of nitrogens with zero attached hydrogens (tertiary/aromatic N) is 1. The van der Waals surface area contributed by atoms with Crippen LogP contribution in [0.4, 0.5) is 0 Å². The van der Waals surface area contributed by atoms with Crippen LogP contribution in [0, 0.1) is 0 Å². The van der Waals surface area contributed by atoms with Crippen molar-refractivity contribution in [2.45, 2.75) is 13.8 Å². The Bertz CT molecular complexity index is 668. The number of benzene rings is 1. The molecule has 0 radical (unpaired) electrons. The van der Waals surface area contributed by atoms with Gasteiger partial charge in [0.05, 0.1) is 7.11 Å². The molecule has 1 aliphatic heterocycles. The highest BCUT2D eigenvalue weighted by Crippen LogP contribution is 2.33. The van der Waals surface area contributed by atoms with Crippen molar-refractivity contribution in [1.82, 2.24) is 0 Å². The lowest BCUT2D eigenvalue weighted by Gasteiger charge is -2.08. The highest BCUT2D eigenvalue weighted by atomic mass is 32.2. The fraction of sp³-hybridized carbons (Fsp3) is 0.267. The van der Waals surface area contributed by atoms with E-state index in [0.717, 1.165) is 21.9 Å². The first kappa shape index (κ1) is 16.6. The standard InChI is InChI=1S/C15H15NO4S2/c1-4-21-15-16-11(14(18)22-15)7-10-5-6-12(19-3)13(8-10)20-9(2)17/h5-8H,4H2,1-3H3/b11-7+. The Balaban J connectivity index is 2.31. The molecule has 0 aliphatic carbocycles. The molecule has 2 rings (SSSR count). The minimum absolute atomic E-state index is 0.0826. The second-order valence-corrected chi connectivity index (χ2v) is 6.71. The Morgan fingerprint density at radius 2 is 2.18 bits per heavy atom. The molecule has 7 heteroatoms. The summed E-state index contributed by atoms with van der Waals surface area (Å²) in [5, 5.41) is -0.0826. The molecule has 0 unspecified atom stereocenters. The van der Waals surface area contributed by atoms with E-state index in [1.165, 1.54) is 25.8 Å². The van der Waals surface area contributed by atoms with E-state index < -0.39 is 5.97 Å². The molecule has 1 aromatic carbocycles. The molecule has 1 aliphatic rings.